The molecule has 47 heavy (non-hydrogen) atoms. The van der Waals surface area contributed by atoms with E-state index in [0.29, 0.717) is 0 Å². The van der Waals surface area contributed by atoms with Crippen molar-refractivity contribution in [2.24, 2.45) is 0 Å². The average molecular weight is 603 g/mol. The first-order valence-electron chi connectivity index (χ1n) is 16.3. The van der Waals surface area contributed by atoms with Gasteiger partial charge >= 0.3 is 6.35 Å². The van der Waals surface area contributed by atoms with Gasteiger partial charge in [-0.1, -0.05) is 193 Å². The lowest BCUT2D eigenvalue weighted by molar-refractivity contribution is 0.174. The van der Waals surface area contributed by atoms with Crippen LogP contribution in [-0.4, -0.2) is 13.5 Å². The molecule has 2 heteroatoms. The molecule has 7 aromatic carbocycles. The SMILES string of the molecule is C[O+]1c2ccccc2C=C(c2ccc(-c3ccccc3)cc2)[B-]1(c1ccc(-c2ccccc2)cc1)c1ccc(-c2ccccc2)cc1. The molecule has 0 fully saturated rings. The minimum Gasteiger partial charge on any atom is -0.810 e. The van der Waals surface area contributed by atoms with Gasteiger partial charge < -0.3 is 4.28 Å². The summed E-state index contributed by atoms with van der Waals surface area (Å²) in [5.41, 5.74) is 13.5. The standard InChI is InChI=1S/C45H35BO/c1-47-45-20-12-11-19-41(45)33-44(40-23-21-37(22-24-40)34-13-5-2-6-14-34)46(47,42-29-25-38(26-30-42)35-15-7-3-8-16-35)43-31-27-39(28-32-43)36-17-9-4-10-18-36/h2-33H,1H3. The molecule has 0 saturated carbocycles. The number of benzene rings is 7. The summed E-state index contributed by atoms with van der Waals surface area (Å²) in [7, 11) is 2.19. The maximum Gasteiger partial charge on any atom is 0.414 e. The first-order valence-corrected chi connectivity index (χ1v) is 16.3. The molecular weight excluding hydrogens is 567 g/mol. The molecule has 1 aliphatic rings. The molecule has 0 radical (unpaired) electrons. The zero-order valence-corrected chi connectivity index (χ0v) is 26.5. The molecule has 224 valence electrons. The van der Waals surface area contributed by atoms with Crippen molar-refractivity contribution in [3.05, 3.63) is 199 Å². The van der Waals surface area contributed by atoms with Crippen molar-refractivity contribution in [3.63, 3.8) is 0 Å². The highest BCUT2D eigenvalue weighted by molar-refractivity contribution is 7.12. The van der Waals surface area contributed by atoms with Crippen molar-refractivity contribution < 1.29 is 4.28 Å². The molecular formula is C45H35BO. The minimum atomic E-state index is -1.67. The Balaban J connectivity index is 1.35. The summed E-state index contributed by atoms with van der Waals surface area (Å²) in [5.74, 6) is 1.15. The third-order valence-electron chi connectivity index (χ3n) is 9.84. The third-order valence-corrected chi connectivity index (χ3v) is 9.84. The van der Waals surface area contributed by atoms with Crippen LogP contribution in [0.25, 0.3) is 44.9 Å². The van der Waals surface area contributed by atoms with E-state index in [1.54, 1.807) is 0 Å². The highest BCUT2D eigenvalue weighted by Crippen LogP contribution is 2.46. The number of rotatable bonds is 6. The van der Waals surface area contributed by atoms with Gasteiger partial charge in [0.25, 0.3) is 0 Å². The second-order valence-corrected chi connectivity index (χ2v) is 12.4. The first kappa shape index (κ1) is 28.6. The maximum absolute atomic E-state index is 3.70. The van der Waals surface area contributed by atoms with Gasteiger partial charge in [-0.15, -0.1) is 10.9 Å². The molecule has 0 amide bonds. The molecule has 0 aliphatic carbocycles. The van der Waals surface area contributed by atoms with Crippen LogP contribution >= 0.6 is 0 Å². The Morgan fingerprint density at radius 2 is 0.681 bits per heavy atom. The van der Waals surface area contributed by atoms with Crippen LogP contribution in [0.2, 0.25) is 0 Å². The predicted molar refractivity (Wildman–Crippen MR) is 201 cm³/mol. The predicted octanol–water partition coefficient (Wildman–Crippen LogP) is 10.4. The third kappa shape index (κ3) is 5.09. The molecule has 1 aliphatic heterocycles. The molecule has 0 spiro atoms. The lowest BCUT2D eigenvalue weighted by Crippen LogP contribution is -2.65. The van der Waals surface area contributed by atoms with Crippen molar-refractivity contribution in [2.45, 2.75) is 0 Å². The van der Waals surface area contributed by atoms with E-state index in [4.69, 9.17) is 0 Å². The molecule has 0 atom stereocenters. The van der Waals surface area contributed by atoms with Gasteiger partial charge in [-0.05, 0) is 39.4 Å². The first-order chi connectivity index (χ1) is 23.2. The number of fused-ring (bicyclic) bond motifs is 1. The van der Waals surface area contributed by atoms with Crippen LogP contribution in [0.5, 0.6) is 5.75 Å². The zero-order valence-electron chi connectivity index (χ0n) is 26.5. The van der Waals surface area contributed by atoms with Gasteiger partial charge in [0, 0.05) is 6.07 Å². The smallest absolute Gasteiger partial charge is 0.414 e. The van der Waals surface area contributed by atoms with Gasteiger partial charge in [-0.2, -0.15) is 0 Å². The Morgan fingerprint density at radius 3 is 1.13 bits per heavy atom. The lowest BCUT2D eigenvalue weighted by Gasteiger charge is -2.54. The van der Waals surface area contributed by atoms with E-state index in [1.165, 1.54) is 60.9 Å². The number of para-hydroxylation sites is 1. The molecule has 7 aromatic rings. The quantitative estimate of drug-likeness (QED) is 0.132. The fourth-order valence-electron chi connectivity index (χ4n) is 7.48. The summed E-state index contributed by atoms with van der Waals surface area (Å²) < 4.78 is 3.70. The molecule has 8 rings (SSSR count). The molecule has 0 N–H and O–H groups in total. The average Bonchev–Trinajstić information content (AvgIpc) is 3.16. The molecule has 0 unspecified atom stereocenters. The second kappa shape index (κ2) is 12.2. The Morgan fingerprint density at radius 1 is 0.340 bits per heavy atom. The van der Waals surface area contributed by atoms with Gasteiger partial charge in [-0.25, -0.2) is 0 Å². The molecule has 1 nitrogen and oxygen atoms in total. The Hall–Kier alpha value is -5.86. The molecule has 0 saturated heterocycles. The van der Waals surface area contributed by atoms with Gasteiger partial charge in [0.15, 0.2) is 0 Å². The van der Waals surface area contributed by atoms with Crippen molar-refractivity contribution in [3.8, 4) is 39.1 Å². The normalized spacial score (nSPS) is 13.5. The Kier molecular flexibility index (Phi) is 7.40. The summed E-state index contributed by atoms with van der Waals surface area (Å²) in [4.78, 5) is 0. The number of hydrogen-bond acceptors (Lipinski definition) is 0. The van der Waals surface area contributed by atoms with E-state index >= 15 is 0 Å². The largest absolute Gasteiger partial charge is 0.810 e. The zero-order chi connectivity index (χ0) is 31.6. The van der Waals surface area contributed by atoms with Crippen molar-refractivity contribution in [1.29, 1.82) is 0 Å². The summed E-state index contributed by atoms with van der Waals surface area (Å²) in [6, 6.07) is 68.1. The fraction of sp³-hybridized carbons (Fsp3) is 0.0222. The Bertz CT molecular complexity index is 2070. The summed E-state index contributed by atoms with van der Waals surface area (Å²) in [6.07, 6.45) is 0.740. The van der Waals surface area contributed by atoms with Crippen LogP contribution in [0.4, 0.5) is 0 Å². The van der Waals surface area contributed by atoms with Crippen molar-refractivity contribution in [2.75, 3.05) is 7.11 Å². The Labute approximate surface area is 277 Å². The van der Waals surface area contributed by atoms with Crippen LogP contribution < -0.4 is 10.9 Å². The van der Waals surface area contributed by atoms with E-state index in [9.17, 15) is 0 Å². The van der Waals surface area contributed by atoms with Crippen LogP contribution in [0.15, 0.2) is 188 Å². The number of hydrogen-bond donors (Lipinski definition) is 0. The van der Waals surface area contributed by atoms with E-state index in [2.05, 4.69) is 206 Å². The van der Waals surface area contributed by atoms with Gasteiger partial charge in [0.1, 0.15) is 7.11 Å². The van der Waals surface area contributed by atoms with Gasteiger partial charge in [0.2, 0.25) is 5.75 Å². The van der Waals surface area contributed by atoms with E-state index in [1.807, 2.05) is 0 Å². The second-order valence-electron chi connectivity index (χ2n) is 12.4. The van der Waals surface area contributed by atoms with E-state index < -0.39 is 6.35 Å². The maximum atomic E-state index is 3.70. The minimum absolute atomic E-state index is 1.15. The van der Waals surface area contributed by atoms with E-state index in [-0.39, 0.29) is 0 Å². The van der Waals surface area contributed by atoms with Crippen molar-refractivity contribution in [1.82, 2.24) is 0 Å². The fourth-order valence-corrected chi connectivity index (χ4v) is 7.48. The van der Waals surface area contributed by atoms with Crippen LogP contribution in [0.3, 0.4) is 0 Å². The van der Waals surface area contributed by atoms with Crippen LogP contribution in [-0.2, 0) is 4.28 Å². The summed E-state index contributed by atoms with van der Waals surface area (Å²) in [6.45, 7) is 0. The van der Waals surface area contributed by atoms with Crippen LogP contribution in [0, 0.1) is 0 Å². The monoisotopic (exact) mass is 602 g/mol. The highest BCUT2D eigenvalue weighted by Gasteiger charge is 2.49. The molecule has 0 aromatic heterocycles. The molecule has 0 bridgehead atoms. The van der Waals surface area contributed by atoms with Crippen LogP contribution in [0.1, 0.15) is 11.1 Å². The van der Waals surface area contributed by atoms with Crippen molar-refractivity contribution >= 4 is 28.8 Å². The van der Waals surface area contributed by atoms with E-state index in [0.717, 1.165) is 5.75 Å². The topological polar surface area (TPSA) is 2.70 Å². The highest BCUT2D eigenvalue weighted by atomic mass is 16.6. The van der Waals surface area contributed by atoms with Gasteiger partial charge in [-0.3, -0.25) is 0 Å². The lowest BCUT2D eigenvalue weighted by atomic mass is 9.25. The summed E-state index contributed by atoms with van der Waals surface area (Å²) >= 11 is 0. The molecule has 1 heterocycles. The van der Waals surface area contributed by atoms with Gasteiger partial charge in [0.05, 0.1) is 5.56 Å². The summed E-state index contributed by atoms with van der Waals surface area (Å²) in [5, 5.41) is 0.